The number of nitrogens with one attached hydrogen (secondary N) is 1. The number of amides is 1. The molecule has 1 atom stereocenters. The van der Waals surface area contributed by atoms with Gasteiger partial charge in [0, 0.05) is 30.2 Å². The van der Waals surface area contributed by atoms with Crippen molar-refractivity contribution in [2.75, 3.05) is 13.1 Å². The third kappa shape index (κ3) is 3.16. The van der Waals surface area contributed by atoms with Crippen molar-refractivity contribution in [1.82, 2.24) is 30.0 Å². The number of nitrogens with zero attached hydrogens (tertiary/aromatic N) is 5. The van der Waals surface area contributed by atoms with E-state index in [9.17, 15) is 4.79 Å². The third-order valence-electron chi connectivity index (χ3n) is 5.38. The predicted molar refractivity (Wildman–Crippen MR) is 106 cm³/mol. The number of aromatic amines is 1. The second-order valence-corrected chi connectivity index (χ2v) is 7.44. The van der Waals surface area contributed by atoms with E-state index < -0.39 is 0 Å². The maximum atomic E-state index is 13.0. The van der Waals surface area contributed by atoms with E-state index in [-0.39, 0.29) is 11.8 Å². The van der Waals surface area contributed by atoms with Crippen LogP contribution in [0.5, 0.6) is 0 Å². The van der Waals surface area contributed by atoms with Gasteiger partial charge in [-0.1, -0.05) is 12.1 Å². The van der Waals surface area contributed by atoms with Crippen LogP contribution in [-0.4, -0.2) is 49.0 Å². The molecule has 1 saturated heterocycles. The number of H-pyrrole nitrogens is 1. The molecule has 4 aromatic rings. The molecule has 1 N–H and O–H groups in total. The van der Waals surface area contributed by atoms with Crippen LogP contribution in [0.4, 0.5) is 0 Å². The molecule has 1 aliphatic rings. The average Bonchev–Trinajstić information content (AvgIpc) is 3.47. The Morgan fingerprint density at radius 1 is 1.21 bits per heavy atom. The van der Waals surface area contributed by atoms with Crippen molar-refractivity contribution >= 4 is 16.8 Å². The monoisotopic (exact) mass is 388 g/mol. The SMILES string of the molecule is Cc1cnc(-c2nnc([C@@H]3CCN(C(=O)c4cc5c(C)cccc5[nH]4)C3)o2)cn1. The van der Waals surface area contributed by atoms with E-state index in [2.05, 4.69) is 25.1 Å². The number of hydrogen-bond acceptors (Lipinski definition) is 6. The summed E-state index contributed by atoms with van der Waals surface area (Å²) >= 11 is 0. The molecule has 0 saturated carbocycles. The first-order valence-electron chi connectivity index (χ1n) is 9.58. The van der Waals surface area contributed by atoms with Gasteiger partial charge in [-0.2, -0.15) is 0 Å². The van der Waals surface area contributed by atoms with E-state index in [1.165, 1.54) is 0 Å². The van der Waals surface area contributed by atoms with Gasteiger partial charge in [-0.3, -0.25) is 9.78 Å². The van der Waals surface area contributed by atoms with E-state index >= 15 is 0 Å². The molecule has 8 nitrogen and oxygen atoms in total. The summed E-state index contributed by atoms with van der Waals surface area (Å²) in [6, 6.07) is 7.95. The van der Waals surface area contributed by atoms with E-state index in [1.54, 1.807) is 12.4 Å². The molecule has 1 amide bonds. The number of benzene rings is 1. The van der Waals surface area contributed by atoms with Gasteiger partial charge in [-0.25, -0.2) is 4.98 Å². The summed E-state index contributed by atoms with van der Waals surface area (Å²) in [6.07, 6.45) is 4.07. The number of carbonyl (C=O) groups excluding carboxylic acids is 1. The summed E-state index contributed by atoms with van der Waals surface area (Å²) in [5.41, 5.74) is 4.11. The standard InChI is InChI=1S/C21H20N6O2/c1-12-4-3-5-16-15(12)8-17(24-16)21(28)27-7-6-14(11-27)19-25-26-20(29-19)18-10-22-13(2)9-23-18/h3-5,8-10,14,24H,6-7,11H2,1-2H3/t14-/m1/s1. The van der Waals surface area contributed by atoms with E-state index in [4.69, 9.17) is 4.42 Å². The van der Waals surface area contributed by atoms with Gasteiger partial charge in [0.25, 0.3) is 11.8 Å². The van der Waals surface area contributed by atoms with Gasteiger partial charge in [0.2, 0.25) is 5.89 Å². The van der Waals surface area contributed by atoms with Crippen LogP contribution in [0.3, 0.4) is 0 Å². The fourth-order valence-electron chi connectivity index (χ4n) is 3.74. The number of aryl methyl sites for hydroxylation is 2. The minimum Gasteiger partial charge on any atom is -0.419 e. The Kier molecular flexibility index (Phi) is 4.12. The zero-order valence-corrected chi connectivity index (χ0v) is 16.2. The van der Waals surface area contributed by atoms with Crippen LogP contribution in [0.25, 0.3) is 22.5 Å². The highest BCUT2D eigenvalue weighted by Crippen LogP contribution is 2.29. The first-order valence-corrected chi connectivity index (χ1v) is 9.58. The van der Waals surface area contributed by atoms with Gasteiger partial charge in [-0.05, 0) is 38.0 Å². The molecule has 1 fully saturated rings. The van der Waals surface area contributed by atoms with Gasteiger partial charge >= 0.3 is 0 Å². The zero-order chi connectivity index (χ0) is 20.0. The summed E-state index contributed by atoms with van der Waals surface area (Å²) in [6.45, 7) is 5.12. The molecular formula is C21H20N6O2. The topological polar surface area (TPSA) is 101 Å². The highest BCUT2D eigenvalue weighted by molar-refractivity contribution is 5.99. The zero-order valence-electron chi connectivity index (χ0n) is 16.2. The Morgan fingerprint density at radius 2 is 2.10 bits per heavy atom. The Balaban J connectivity index is 1.32. The summed E-state index contributed by atoms with van der Waals surface area (Å²) in [7, 11) is 0. The highest BCUT2D eigenvalue weighted by Gasteiger charge is 2.32. The number of likely N-dealkylation sites (tertiary alicyclic amines) is 1. The number of hydrogen-bond donors (Lipinski definition) is 1. The van der Waals surface area contributed by atoms with Crippen LogP contribution < -0.4 is 0 Å². The van der Waals surface area contributed by atoms with Gasteiger partial charge in [0.15, 0.2) is 0 Å². The Bertz CT molecular complexity index is 1190. The third-order valence-corrected chi connectivity index (χ3v) is 5.38. The van der Waals surface area contributed by atoms with Crippen molar-refractivity contribution in [2.45, 2.75) is 26.2 Å². The minimum atomic E-state index is -0.00719. The van der Waals surface area contributed by atoms with E-state index in [0.29, 0.717) is 36.3 Å². The normalized spacial score (nSPS) is 16.6. The van der Waals surface area contributed by atoms with Crippen LogP contribution >= 0.6 is 0 Å². The fraction of sp³-hybridized carbons (Fsp3) is 0.286. The fourth-order valence-corrected chi connectivity index (χ4v) is 3.74. The largest absolute Gasteiger partial charge is 0.419 e. The van der Waals surface area contributed by atoms with Crippen molar-refractivity contribution in [2.24, 2.45) is 0 Å². The summed E-state index contributed by atoms with van der Waals surface area (Å²) < 4.78 is 5.82. The lowest BCUT2D eigenvalue weighted by molar-refractivity contribution is 0.0785. The molecule has 0 unspecified atom stereocenters. The molecule has 0 aliphatic carbocycles. The smallest absolute Gasteiger partial charge is 0.270 e. The second-order valence-electron chi connectivity index (χ2n) is 7.44. The van der Waals surface area contributed by atoms with Crippen molar-refractivity contribution < 1.29 is 9.21 Å². The molecular weight excluding hydrogens is 368 g/mol. The van der Waals surface area contributed by atoms with Gasteiger partial charge in [0.05, 0.1) is 17.8 Å². The number of carbonyl (C=O) groups is 1. The summed E-state index contributed by atoms with van der Waals surface area (Å²) in [4.78, 5) is 26.5. The van der Waals surface area contributed by atoms with Crippen molar-refractivity contribution in [1.29, 1.82) is 0 Å². The summed E-state index contributed by atoms with van der Waals surface area (Å²) in [5, 5.41) is 9.35. The van der Waals surface area contributed by atoms with Gasteiger partial charge < -0.3 is 14.3 Å². The quantitative estimate of drug-likeness (QED) is 0.578. The lowest BCUT2D eigenvalue weighted by Gasteiger charge is -2.14. The molecule has 3 aromatic heterocycles. The molecule has 1 aliphatic heterocycles. The summed E-state index contributed by atoms with van der Waals surface area (Å²) in [5.74, 6) is 0.894. The Hall–Kier alpha value is -3.55. The Morgan fingerprint density at radius 3 is 2.90 bits per heavy atom. The molecule has 29 heavy (non-hydrogen) atoms. The van der Waals surface area contributed by atoms with Gasteiger partial charge in [-0.15, -0.1) is 10.2 Å². The first kappa shape index (κ1) is 17.5. The predicted octanol–water partition coefficient (Wildman–Crippen LogP) is 3.25. The maximum absolute atomic E-state index is 13.0. The highest BCUT2D eigenvalue weighted by atomic mass is 16.4. The number of fused-ring (bicyclic) bond motifs is 1. The van der Waals surface area contributed by atoms with Crippen molar-refractivity contribution in [3.05, 3.63) is 59.5 Å². The molecule has 5 rings (SSSR count). The van der Waals surface area contributed by atoms with Crippen LogP contribution in [0.1, 0.15) is 40.0 Å². The lowest BCUT2D eigenvalue weighted by atomic mass is 10.1. The number of rotatable bonds is 3. The van der Waals surface area contributed by atoms with Crippen LogP contribution in [0.15, 0.2) is 41.1 Å². The number of aromatic nitrogens is 5. The molecule has 0 radical (unpaired) electrons. The molecule has 146 valence electrons. The van der Waals surface area contributed by atoms with E-state index in [1.807, 2.05) is 43.0 Å². The van der Waals surface area contributed by atoms with Gasteiger partial charge in [0.1, 0.15) is 11.4 Å². The second kappa shape index (κ2) is 6.80. The van der Waals surface area contributed by atoms with Crippen LogP contribution in [-0.2, 0) is 0 Å². The molecule has 0 spiro atoms. The molecule has 0 bridgehead atoms. The maximum Gasteiger partial charge on any atom is 0.270 e. The molecule has 4 heterocycles. The molecule has 8 heteroatoms. The van der Waals surface area contributed by atoms with Crippen LogP contribution in [0, 0.1) is 13.8 Å². The average molecular weight is 388 g/mol. The first-order chi connectivity index (χ1) is 14.1. The lowest BCUT2D eigenvalue weighted by Crippen LogP contribution is -2.28. The minimum absolute atomic E-state index is 0.00719. The van der Waals surface area contributed by atoms with E-state index in [0.717, 1.165) is 28.6 Å². The molecule has 1 aromatic carbocycles. The Labute approximate surface area is 167 Å². The van der Waals surface area contributed by atoms with Crippen LogP contribution in [0.2, 0.25) is 0 Å². The van der Waals surface area contributed by atoms with Crippen molar-refractivity contribution in [3.8, 4) is 11.6 Å². The van der Waals surface area contributed by atoms with Crippen molar-refractivity contribution in [3.63, 3.8) is 0 Å².